The molecular formula is C13H13Br2NO2. The maximum atomic E-state index is 9.59. The Balaban J connectivity index is 2.13. The lowest BCUT2D eigenvalue weighted by Gasteiger charge is -2.10. The fourth-order valence-corrected chi connectivity index (χ4v) is 2.31. The maximum absolute atomic E-state index is 9.59. The van der Waals surface area contributed by atoms with Gasteiger partial charge < -0.3 is 14.8 Å². The molecule has 0 saturated carbocycles. The number of furan rings is 1. The van der Waals surface area contributed by atoms with Crippen LogP contribution in [0.2, 0.25) is 0 Å². The summed E-state index contributed by atoms with van der Waals surface area (Å²) in [6.07, 6.45) is 0. The Morgan fingerprint density at radius 1 is 1.17 bits per heavy atom. The number of aryl methyl sites for hydroxylation is 2. The van der Waals surface area contributed by atoms with Gasteiger partial charge in [0.2, 0.25) is 0 Å². The molecule has 1 heterocycles. The molecule has 0 fully saturated rings. The third-order valence-corrected chi connectivity index (χ3v) is 4.40. The summed E-state index contributed by atoms with van der Waals surface area (Å²) in [5.41, 5.74) is 2.85. The van der Waals surface area contributed by atoms with Crippen LogP contribution in [-0.4, -0.2) is 5.11 Å². The highest BCUT2D eigenvalue weighted by Crippen LogP contribution is 2.28. The molecule has 1 aromatic carbocycles. The zero-order valence-electron chi connectivity index (χ0n) is 10.1. The van der Waals surface area contributed by atoms with Gasteiger partial charge in [-0.05, 0) is 75.0 Å². The monoisotopic (exact) mass is 373 g/mol. The third-order valence-electron chi connectivity index (χ3n) is 2.69. The summed E-state index contributed by atoms with van der Waals surface area (Å²) in [4.78, 5) is 0. The molecule has 3 nitrogen and oxygen atoms in total. The van der Waals surface area contributed by atoms with Gasteiger partial charge in [-0.25, -0.2) is 0 Å². The molecule has 0 spiro atoms. The Kier molecular flexibility index (Phi) is 4.02. The average Bonchev–Trinajstić information content (AvgIpc) is 2.62. The molecule has 18 heavy (non-hydrogen) atoms. The molecule has 2 rings (SSSR count). The number of hydrogen-bond acceptors (Lipinski definition) is 3. The average molecular weight is 375 g/mol. The van der Waals surface area contributed by atoms with Gasteiger partial charge >= 0.3 is 0 Å². The van der Waals surface area contributed by atoms with Gasteiger partial charge in [0.05, 0.1) is 11.0 Å². The van der Waals surface area contributed by atoms with Gasteiger partial charge in [-0.15, -0.1) is 0 Å². The number of phenols is 1. The van der Waals surface area contributed by atoms with E-state index in [0.717, 1.165) is 27.0 Å². The molecule has 96 valence electrons. The zero-order chi connectivity index (χ0) is 13.3. The van der Waals surface area contributed by atoms with E-state index in [-0.39, 0.29) is 0 Å². The van der Waals surface area contributed by atoms with Crippen LogP contribution in [0.25, 0.3) is 0 Å². The summed E-state index contributed by atoms with van der Waals surface area (Å²) in [6, 6.07) is 5.60. The smallest absolute Gasteiger partial charge is 0.183 e. The van der Waals surface area contributed by atoms with E-state index < -0.39 is 0 Å². The second-order valence-corrected chi connectivity index (χ2v) is 5.72. The molecule has 0 bridgehead atoms. The third kappa shape index (κ3) is 2.90. The molecule has 0 aliphatic carbocycles. The Bertz CT molecular complexity index is 559. The summed E-state index contributed by atoms with van der Waals surface area (Å²) in [7, 11) is 0. The first-order valence-electron chi connectivity index (χ1n) is 5.45. The first-order chi connectivity index (χ1) is 8.47. The van der Waals surface area contributed by atoms with Crippen molar-refractivity contribution in [3.8, 4) is 5.75 Å². The summed E-state index contributed by atoms with van der Waals surface area (Å²) < 4.78 is 7.08. The van der Waals surface area contributed by atoms with Gasteiger partial charge in [-0.1, -0.05) is 0 Å². The minimum atomic E-state index is 0.321. The van der Waals surface area contributed by atoms with Gasteiger partial charge in [-0.2, -0.15) is 0 Å². The lowest BCUT2D eigenvalue weighted by Crippen LogP contribution is -2.00. The minimum absolute atomic E-state index is 0.321. The van der Waals surface area contributed by atoms with Crippen LogP contribution in [-0.2, 0) is 6.54 Å². The van der Waals surface area contributed by atoms with Crippen molar-refractivity contribution in [1.29, 1.82) is 0 Å². The second-order valence-electron chi connectivity index (χ2n) is 4.14. The maximum Gasteiger partial charge on any atom is 0.183 e. The molecule has 0 aliphatic heterocycles. The molecule has 0 radical (unpaired) electrons. The van der Waals surface area contributed by atoms with E-state index in [0.29, 0.717) is 17.0 Å². The van der Waals surface area contributed by atoms with Gasteiger partial charge in [0.25, 0.3) is 0 Å². The van der Waals surface area contributed by atoms with Crippen LogP contribution in [0, 0.1) is 13.8 Å². The van der Waals surface area contributed by atoms with E-state index in [1.165, 1.54) is 0 Å². The number of phenolic OH excluding ortho intramolecular Hbond substituents is 1. The van der Waals surface area contributed by atoms with Gasteiger partial charge in [0.1, 0.15) is 11.5 Å². The lowest BCUT2D eigenvalue weighted by molar-refractivity contribution is 0.470. The van der Waals surface area contributed by atoms with E-state index in [4.69, 9.17) is 4.42 Å². The van der Waals surface area contributed by atoms with E-state index >= 15 is 0 Å². The fourth-order valence-electron chi connectivity index (χ4n) is 1.65. The minimum Gasteiger partial charge on any atom is -0.508 e. The first kappa shape index (κ1) is 13.5. The second kappa shape index (κ2) is 5.36. The number of halogens is 2. The molecule has 0 atom stereocenters. The first-order valence-corrected chi connectivity index (χ1v) is 7.03. The van der Waals surface area contributed by atoms with E-state index in [1.807, 2.05) is 26.0 Å². The van der Waals surface area contributed by atoms with Crippen molar-refractivity contribution < 1.29 is 9.52 Å². The van der Waals surface area contributed by atoms with E-state index in [1.54, 1.807) is 6.07 Å². The number of anilines is 1. The quantitative estimate of drug-likeness (QED) is 0.762. The number of nitrogens with one attached hydrogen (secondary N) is 1. The number of hydrogen-bond donors (Lipinski definition) is 2. The highest BCUT2D eigenvalue weighted by atomic mass is 79.9. The molecule has 2 N–H and O–H groups in total. The summed E-state index contributed by atoms with van der Waals surface area (Å²) in [5, 5.41) is 12.9. The molecule has 0 saturated heterocycles. The van der Waals surface area contributed by atoms with Crippen molar-refractivity contribution in [3.05, 3.63) is 44.2 Å². The highest BCUT2D eigenvalue weighted by molar-refractivity contribution is 9.13. The van der Waals surface area contributed by atoms with E-state index in [2.05, 4.69) is 37.2 Å². The van der Waals surface area contributed by atoms with Crippen molar-refractivity contribution >= 4 is 37.5 Å². The summed E-state index contributed by atoms with van der Waals surface area (Å²) in [6.45, 7) is 4.42. The standard InChI is InChI=1S/C13H13Br2NO2/c1-7-4-12(17)8(2)3-11(7)16-6-9-5-10(14)13(15)18-9/h3-5,16-17H,6H2,1-2H3. The Labute approximate surface area is 122 Å². The molecule has 0 unspecified atom stereocenters. The van der Waals surface area contributed by atoms with Gasteiger partial charge in [0, 0.05) is 5.69 Å². The summed E-state index contributed by atoms with van der Waals surface area (Å²) in [5.74, 6) is 1.15. The molecule has 0 aliphatic rings. The predicted molar refractivity (Wildman–Crippen MR) is 79.0 cm³/mol. The van der Waals surface area contributed by atoms with Crippen LogP contribution < -0.4 is 5.32 Å². The Morgan fingerprint density at radius 3 is 2.50 bits per heavy atom. The van der Waals surface area contributed by atoms with Crippen LogP contribution >= 0.6 is 31.9 Å². The van der Waals surface area contributed by atoms with Crippen LogP contribution in [0.4, 0.5) is 5.69 Å². The number of aromatic hydroxyl groups is 1. The number of benzene rings is 1. The molecule has 2 aromatic rings. The van der Waals surface area contributed by atoms with Crippen LogP contribution in [0.5, 0.6) is 5.75 Å². The molecule has 0 amide bonds. The van der Waals surface area contributed by atoms with Gasteiger partial charge in [-0.3, -0.25) is 0 Å². The van der Waals surface area contributed by atoms with Crippen molar-refractivity contribution in [3.63, 3.8) is 0 Å². The largest absolute Gasteiger partial charge is 0.508 e. The Morgan fingerprint density at radius 2 is 1.89 bits per heavy atom. The SMILES string of the molecule is Cc1cc(NCc2cc(Br)c(Br)o2)c(C)cc1O. The summed E-state index contributed by atoms with van der Waals surface area (Å²) >= 11 is 6.68. The molecule has 5 heteroatoms. The fraction of sp³-hybridized carbons (Fsp3) is 0.231. The van der Waals surface area contributed by atoms with Crippen molar-refractivity contribution in [1.82, 2.24) is 0 Å². The lowest BCUT2D eigenvalue weighted by atomic mass is 10.1. The van der Waals surface area contributed by atoms with Crippen molar-refractivity contribution in [2.24, 2.45) is 0 Å². The zero-order valence-corrected chi connectivity index (χ0v) is 13.2. The van der Waals surface area contributed by atoms with Crippen LogP contribution in [0.15, 0.2) is 31.8 Å². The van der Waals surface area contributed by atoms with Crippen molar-refractivity contribution in [2.75, 3.05) is 5.32 Å². The molecular weight excluding hydrogens is 362 g/mol. The topological polar surface area (TPSA) is 45.4 Å². The number of rotatable bonds is 3. The molecule has 1 aromatic heterocycles. The predicted octanol–water partition coefficient (Wildman–Crippen LogP) is 4.74. The van der Waals surface area contributed by atoms with Crippen LogP contribution in [0.1, 0.15) is 16.9 Å². The van der Waals surface area contributed by atoms with E-state index in [9.17, 15) is 5.11 Å². The van der Waals surface area contributed by atoms with Crippen molar-refractivity contribution in [2.45, 2.75) is 20.4 Å². The van der Waals surface area contributed by atoms with Crippen LogP contribution in [0.3, 0.4) is 0 Å². The normalized spacial score (nSPS) is 10.7. The highest BCUT2D eigenvalue weighted by Gasteiger charge is 2.07. The van der Waals surface area contributed by atoms with Gasteiger partial charge in [0.15, 0.2) is 4.67 Å². The Hall–Kier alpha value is -0.940.